The standard InChI is InChI=1S/C16H22F3NO3S/c1-4-7-12-11(5-2)8-13(24-12)15(22)20(10-16(17,18)19)9-14(21)23-6-3/h8H,4-7,9-10H2,1-3H3. The zero-order valence-electron chi connectivity index (χ0n) is 14.0. The maximum Gasteiger partial charge on any atom is 0.406 e. The van der Waals surface area contributed by atoms with Crippen LogP contribution in [0.1, 0.15) is 47.3 Å². The maximum atomic E-state index is 12.7. The van der Waals surface area contributed by atoms with Gasteiger partial charge in [0.2, 0.25) is 0 Å². The van der Waals surface area contributed by atoms with E-state index in [-0.39, 0.29) is 11.5 Å². The number of rotatable bonds is 8. The SMILES string of the molecule is CCCc1sc(C(=O)N(CC(=O)OCC)CC(F)(F)F)cc1CC. The van der Waals surface area contributed by atoms with Gasteiger partial charge in [-0.3, -0.25) is 9.59 Å². The molecule has 24 heavy (non-hydrogen) atoms. The Hall–Kier alpha value is -1.57. The molecule has 0 atom stereocenters. The molecular weight excluding hydrogens is 343 g/mol. The van der Waals surface area contributed by atoms with Crippen LogP contribution in [0.25, 0.3) is 0 Å². The molecule has 0 bridgehead atoms. The first-order chi connectivity index (χ1) is 11.2. The number of aryl methyl sites for hydroxylation is 2. The lowest BCUT2D eigenvalue weighted by atomic mass is 10.1. The van der Waals surface area contributed by atoms with Gasteiger partial charge in [-0.15, -0.1) is 11.3 Å². The van der Waals surface area contributed by atoms with E-state index >= 15 is 0 Å². The van der Waals surface area contributed by atoms with Gasteiger partial charge in [0.25, 0.3) is 5.91 Å². The molecule has 0 unspecified atom stereocenters. The van der Waals surface area contributed by atoms with Crippen LogP contribution in [-0.4, -0.2) is 42.6 Å². The van der Waals surface area contributed by atoms with Gasteiger partial charge in [0, 0.05) is 4.88 Å². The summed E-state index contributed by atoms with van der Waals surface area (Å²) in [5, 5.41) is 0. The molecule has 1 aromatic rings. The Morgan fingerprint density at radius 3 is 2.42 bits per heavy atom. The minimum absolute atomic E-state index is 0.0481. The van der Waals surface area contributed by atoms with E-state index in [1.165, 1.54) is 11.3 Å². The van der Waals surface area contributed by atoms with E-state index in [2.05, 4.69) is 4.74 Å². The van der Waals surface area contributed by atoms with Crippen molar-refractivity contribution in [3.05, 3.63) is 21.4 Å². The van der Waals surface area contributed by atoms with Crippen LogP contribution in [0.2, 0.25) is 0 Å². The number of hydrogen-bond donors (Lipinski definition) is 0. The van der Waals surface area contributed by atoms with Gasteiger partial charge in [-0.1, -0.05) is 20.3 Å². The molecule has 136 valence electrons. The number of nitrogens with zero attached hydrogens (tertiary/aromatic N) is 1. The van der Waals surface area contributed by atoms with E-state index in [1.54, 1.807) is 13.0 Å². The molecule has 0 aliphatic carbocycles. The zero-order chi connectivity index (χ0) is 18.3. The minimum atomic E-state index is -4.58. The average Bonchev–Trinajstić information content (AvgIpc) is 2.88. The minimum Gasteiger partial charge on any atom is -0.465 e. The number of amides is 1. The molecule has 0 aliphatic heterocycles. The normalized spacial score (nSPS) is 11.4. The molecule has 4 nitrogen and oxygen atoms in total. The number of thiophene rings is 1. The third kappa shape index (κ3) is 6.14. The van der Waals surface area contributed by atoms with Crippen LogP contribution in [0.5, 0.6) is 0 Å². The number of esters is 1. The molecule has 0 spiro atoms. The topological polar surface area (TPSA) is 46.6 Å². The largest absolute Gasteiger partial charge is 0.465 e. The number of carbonyl (C=O) groups excluding carboxylic acids is 2. The first-order valence-corrected chi connectivity index (χ1v) is 8.66. The van der Waals surface area contributed by atoms with E-state index in [9.17, 15) is 22.8 Å². The van der Waals surface area contributed by atoms with Gasteiger partial charge in [-0.2, -0.15) is 13.2 Å². The van der Waals surface area contributed by atoms with Crippen molar-refractivity contribution in [2.24, 2.45) is 0 Å². The van der Waals surface area contributed by atoms with Crippen molar-refractivity contribution in [1.29, 1.82) is 0 Å². The van der Waals surface area contributed by atoms with Crippen molar-refractivity contribution in [2.75, 3.05) is 19.7 Å². The molecule has 8 heteroatoms. The van der Waals surface area contributed by atoms with Gasteiger partial charge >= 0.3 is 12.1 Å². The summed E-state index contributed by atoms with van der Waals surface area (Å²) in [6.07, 6.45) is -2.22. The van der Waals surface area contributed by atoms with Crippen LogP contribution in [0, 0.1) is 0 Å². The number of halogens is 3. The molecule has 0 radical (unpaired) electrons. The lowest BCUT2D eigenvalue weighted by molar-refractivity contribution is -0.153. The van der Waals surface area contributed by atoms with Crippen LogP contribution >= 0.6 is 11.3 Å². The average molecular weight is 365 g/mol. The van der Waals surface area contributed by atoms with Crippen LogP contribution in [-0.2, 0) is 22.4 Å². The predicted molar refractivity (Wildman–Crippen MR) is 86.3 cm³/mol. The van der Waals surface area contributed by atoms with Crippen molar-refractivity contribution < 1.29 is 27.5 Å². The molecule has 0 N–H and O–H groups in total. The van der Waals surface area contributed by atoms with E-state index in [1.807, 2.05) is 13.8 Å². The lowest BCUT2D eigenvalue weighted by Gasteiger charge is -2.22. The van der Waals surface area contributed by atoms with E-state index < -0.39 is 31.1 Å². The molecule has 1 heterocycles. The number of alkyl halides is 3. The Balaban J connectivity index is 3.03. The summed E-state index contributed by atoms with van der Waals surface area (Å²) in [5.74, 6) is -1.64. The Morgan fingerprint density at radius 2 is 1.92 bits per heavy atom. The van der Waals surface area contributed by atoms with Crippen molar-refractivity contribution in [3.63, 3.8) is 0 Å². The highest BCUT2D eigenvalue weighted by Crippen LogP contribution is 2.27. The van der Waals surface area contributed by atoms with E-state index in [0.29, 0.717) is 11.3 Å². The Kier molecular flexibility index (Phi) is 7.72. The third-order valence-electron chi connectivity index (χ3n) is 3.25. The molecule has 0 aliphatic rings. The quantitative estimate of drug-likeness (QED) is 0.658. The van der Waals surface area contributed by atoms with E-state index in [4.69, 9.17) is 0 Å². The van der Waals surface area contributed by atoms with Crippen LogP contribution < -0.4 is 0 Å². The second-order valence-electron chi connectivity index (χ2n) is 5.24. The second kappa shape index (κ2) is 9.05. The van der Waals surface area contributed by atoms with Gasteiger partial charge in [-0.05, 0) is 31.4 Å². The summed E-state index contributed by atoms with van der Waals surface area (Å²) in [7, 11) is 0. The fourth-order valence-electron chi connectivity index (χ4n) is 2.24. The summed E-state index contributed by atoms with van der Waals surface area (Å²) in [4.78, 5) is 25.7. The number of ether oxygens (including phenoxy) is 1. The Labute approximate surface area is 143 Å². The zero-order valence-corrected chi connectivity index (χ0v) is 14.9. The monoisotopic (exact) mass is 365 g/mol. The van der Waals surface area contributed by atoms with Gasteiger partial charge in [0.1, 0.15) is 13.1 Å². The molecule has 0 aromatic carbocycles. The summed E-state index contributed by atoms with van der Waals surface area (Å²) >= 11 is 1.20. The fraction of sp³-hybridized carbons (Fsp3) is 0.625. The van der Waals surface area contributed by atoms with Gasteiger partial charge < -0.3 is 9.64 Å². The first kappa shape index (κ1) is 20.5. The lowest BCUT2D eigenvalue weighted by Crippen LogP contribution is -2.42. The molecule has 1 aromatic heterocycles. The second-order valence-corrected chi connectivity index (χ2v) is 6.38. The Bertz CT molecular complexity index is 569. The van der Waals surface area contributed by atoms with Gasteiger partial charge in [0.05, 0.1) is 11.5 Å². The van der Waals surface area contributed by atoms with E-state index in [0.717, 1.165) is 23.3 Å². The predicted octanol–water partition coefficient (Wildman–Crippen LogP) is 3.83. The highest BCUT2D eigenvalue weighted by atomic mass is 32.1. The Morgan fingerprint density at radius 1 is 1.25 bits per heavy atom. The molecule has 0 fully saturated rings. The van der Waals surface area contributed by atoms with Crippen molar-refractivity contribution in [1.82, 2.24) is 4.90 Å². The number of carbonyl (C=O) groups is 2. The summed E-state index contributed by atoms with van der Waals surface area (Å²) in [6.45, 7) is 3.34. The highest BCUT2D eigenvalue weighted by molar-refractivity contribution is 7.14. The van der Waals surface area contributed by atoms with Crippen LogP contribution in [0.15, 0.2) is 6.07 Å². The highest BCUT2D eigenvalue weighted by Gasteiger charge is 2.35. The van der Waals surface area contributed by atoms with Crippen molar-refractivity contribution in [2.45, 2.75) is 46.2 Å². The smallest absolute Gasteiger partial charge is 0.406 e. The van der Waals surface area contributed by atoms with Crippen molar-refractivity contribution in [3.8, 4) is 0 Å². The van der Waals surface area contributed by atoms with Crippen LogP contribution in [0.4, 0.5) is 13.2 Å². The third-order valence-corrected chi connectivity index (χ3v) is 4.47. The summed E-state index contributed by atoms with van der Waals surface area (Å²) in [6, 6.07) is 1.63. The fourth-order valence-corrected chi connectivity index (χ4v) is 3.57. The molecule has 0 saturated carbocycles. The number of hydrogen-bond acceptors (Lipinski definition) is 4. The van der Waals surface area contributed by atoms with Gasteiger partial charge in [-0.25, -0.2) is 0 Å². The molecule has 1 amide bonds. The van der Waals surface area contributed by atoms with Crippen molar-refractivity contribution >= 4 is 23.2 Å². The molecule has 0 saturated heterocycles. The maximum absolute atomic E-state index is 12.7. The van der Waals surface area contributed by atoms with Crippen LogP contribution in [0.3, 0.4) is 0 Å². The van der Waals surface area contributed by atoms with Gasteiger partial charge in [0.15, 0.2) is 0 Å². The first-order valence-electron chi connectivity index (χ1n) is 7.85. The molecular formula is C16H22F3NO3S. The molecule has 1 rings (SSSR count). The summed E-state index contributed by atoms with van der Waals surface area (Å²) < 4.78 is 42.9. The summed E-state index contributed by atoms with van der Waals surface area (Å²) in [5.41, 5.74) is 0.966.